The van der Waals surface area contributed by atoms with Gasteiger partial charge in [0.2, 0.25) is 0 Å². The molecule has 0 aliphatic carbocycles. The van der Waals surface area contributed by atoms with Gasteiger partial charge in [0.05, 0.1) is 5.76 Å². The third kappa shape index (κ3) is 5.07. The summed E-state index contributed by atoms with van der Waals surface area (Å²) in [6.45, 7) is 2.85. The third-order valence-corrected chi connectivity index (χ3v) is 6.45. The SMILES string of the molecule is CC(=O)/C=C(/C)O.[Ir].[c-]1ccccc1-c1cc(-c2c3c(cc4oc5ccccc5c24)oc2ccccc23)ccn1. The molecule has 0 spiro atoms. The number of aliphatic hydroxyl groups excluding tert-OH is 1. The van der Waals surface area contributed by atoms with Gasteiger partial charge in [0.1, 0.15) is 22.3 Å². The number of rotatable bonds is 3. The van der Waals surface area contributed by atoms with Crippen molar-refractivity contribution in [2.75, 3.05) is 0 Å². The van der Waals surface area contributed by atoms with Crippen molar-refractivity contribution in [1.82, 2.24) is 4.98 Å². The van der Waals surface area contributed by atoms with Crippen molar-refractivity contribution in [2.24, 2.45) is 0 Å². The maximum absolute atomic E-state index is 10.0. The molecule has 0 saturated heterocycles. The number of carbonyl (C=O) groups excluding carboxylic acids is 1. The number of allylic oxidation sites excluding steroid dienone is 2. The van der Waals surface area contributed by atoms with Gasteiger partial charge in [-0.1, -0.05) is 42.5 Å². The Morgan fingerprint density at radius 1 is 0.800 bits per heavy atom. The molecule has 1 N–H and O–H groups in total. The Morgan fingerprint density at radius 2 is 1.40 bits per heavy atom. The number of hydrogen-bond donors (Lipinski definition) is 1. The molecular weight excluding hydrogens is 679 g/mol. The van der Waals surface area contributed by atoms with Gasteiger partial charge in [-0.15, -0.1) is 35.9 Å². The maximum atomic E-state index is 10.0. The summed E-state index contributed by atoms with van der Waals surface area (Å²) < 4.78 is 12.5. The van der Waals surface area contributed by atoms with Crippen molar-refractivity contribution in [3.8, 4) is 22.4 Å². The fourth-order valence-corrected chi connectivity index (χ4v) is 4.96. The Morgan fingerprint density at radius 3 is 1.93 bits per heavy atom. The quantitative estimate of drug-likeness (QED) is 0.113. The fourth-order valence-electron chi connectivity index (χ4n) is 4.96. The van der Waals surface area contributed by atoms with E-state index < -0.39 is 0 Å². The Labute approximate surface area is 244 Å². The minimum atomic E-state index is -0.125. The van der Waals surface area contributed by atoms with Crippen LogP contribution in [-0.4, -0.2) is 15.9 Å². The normalized spacial score (nSPS) is 11.4. The number of furan rings is 2. The van der Waals surface area contributed by atoms with Crippen LogP contribution in [0.1, 0.15) is 13.8 Å². The van der Waals surface area contributed by atoms with E-state index in [0.717, 1.165) is 66.3 Å². The largest absolute Gasteiger partial charge is 0.512 e. The number of pyridine rings is 1. The molecule has 0 bridgehead atoms. The Balaban J connectivity index is 0.000000362. The van der Waals surface area contributed by atoms with Gasteiger partial charge in [0, 0.05) is 65.6 Å². The van der Waals surface area contributed by atoms with Crippen molar-refractivity contribution < 1.29 is 38.8 Å². The van der Waals surface area contributed by atoms with Gasteiger partial charge in [-0.05, 0) is 43.3 Å². The molecule has 7 rings (SSSR count). The summed E-state index contributed by atoms with van der Waals surface area (Å²) in [4.78, 5) is 14.6. The van der Waals surface area contributed by atoms with E-state index in [1.54, 1.807) is 0 Å². The summed E-state index contributed by atoms with van der Waals surface area (Å²) in [7, 11) is 0. The number of aromatic nitrogens is 1. The van der Waals surface area contributed by atoms with E-state index in [-0.39, 0.29) is 31.6 Å². The van der Waals surface area contributed by atoms with Gasteiger partial charge in [-0.25, -0.2) is 0 Å². The second kappa shape index (κ2) is 11.3. The zero-order chi connectivity index (χ0) is 26.9. The summed E-state index contributed by atoms with van der Waals surface area (Å²) >= 11 is 0. The number of ketones is 1. The Hall–Kier alpha value is -4.51. The van der Waals surface area contributed by atoms with E-state index in [4.69, 9.17) is 13.9 Å². The van der Waals surface area contributed by atoms with Gasteiger partial charge >= 0.3 is 0 Å². The zero-order valence-corrected chi connectivity index (χ0v) is 24.2. The molecular formula is C34H24IrNO4-. The average Bonchev–Trinajstić information content (AvgIpc) is 3.50. The van der Waals surface area contributed by atoms with E-state index in [1.165, 1.54) is 19.9 Å². The number of carbonyl (C=O) groups is 1. The van der Waals surface area contributed by atoms with Crippen LogP contribution in [-0.2, 0) is 24.9 Å². The van der Waals surface area contributed by atoms with Crippen LogP contribution < -0.4 is 0 Å². The maximum Gasteiger partial charge on any atom is 0.155 e. The standard InChI is InChI=1S/C29H16NO2.C5H8O2.Ir/c1-2-8-18(9-3-1)22-16-19(14-15-30-22)27-28-20-10-4-6-12-23(20)31-25(28)17-26-29(27)21-11-5-7-13-24(21)32-26;1-4(6)3-5(2)7;/h1-8,10-17H;3,6H,1-2H3;/q-1;;/b;4-3-;. The monoisotopic (exact) mass is 703 g/mol. The Bertz CT molecular complexity index is 1930. The van der Waals surface area contributed by atoms with Crippen LogP contribution in [0.2, 0.25) is 0 Å². The second-order valence-corrected chi connectivity index (χ2v) is 9.30. The van der Waals surface area contributed by atoms with Crippen LogP contribution in [0.4, 0.5) is 0 Å². The van der Waals surface area contributed by atoms with Gasteiger partial charge in [-0.2, -0.15) is 0 Å². The van der Waals surface area contributed by atoms with E-state index in [0.29, 0.717) is 0 Å². The number of nitrogens with zero attached hydrogens (tertiary/aromatic N) is 1. The average molecular weight is 703 g/mol. The predicted molar refractivity (Wildman–Crippen MR) is 156 cm³/mol. The van der Waals surface area contributed by atoms with E-state index in [2.05, 4.69) is 47.4 Å². The molecule has 0 atom stereocenters. The second-order valence-electron chi connectivity index (χ2n) is 9.30. The molecule has 1 radical (unpaired) electrons. The summed E-state index contributed by atoms with van der Waals surface area (Å²) in [6, 6.07) is 33.8. The molecule has 0 amide bonds. The molecule has 0 saturated carbocycles. The zero-order valence-electron chi connectivity index (χ0n) is 21.8. The van der Waals surface area contributed by atoms with Gasteiger partial charge < -0.3 is 18.9 Å². The van der Waals surface area contributed by atoms with Crippen molar-refractivity contribution in [3.63, 3.8) is 0 Å². The summed E-state index contributed by atoms with van der Waals surface area (Å²) in [5.74, 6) is -0.0625. The minimum absolute atomic E-state index is 0. The number of hydrogen-bond acceptors (Lipinski definition) is 5. The van der Waals surface area contributed by atoms with E-state index in [1.807, 2.05) is 60.8 Å². The molecule has 3 heterocycles. The van der Waals surface area contributed by atoms with Crippen molar-refractivity contribution in [1.29, 1.82) is 0 Å². The number of para-hydroxylation sites is 2. The minimum Gasteiger partial charge on any atom is -0.512 e. The van der Waals surface area contributed by atoms with Gasteiger partial charge in [-0.3, -0.25) is 4.79 Å². The van der Waals surface area contributed by atoms with Crippen LogP contribution in [0.15, 0.2) is 118 Å². The van der Waals surface area contributed by atoms with Crippen LogP contribution in [0.5, 0.6) is 0 Å². The van der Waals surface area contributed by atoms with E-state index >= 15 is 0 Å². The molecule has 7 aromatic rings. The third-order valence-electron chi connectivity index (χ3n) is 6.45. The van der Waals surface area contributed by atoms with Crippen LogP contribution in [0.3, 0.4) is 0 Å². The predicted octanol–water partition coefficient (Wildman–Crippen LogP) is 9.05. The molecule has 4 aromatic carbocycles. The molecule has 6 heteroatoms. The number of benzene rings is 4. The molecule has 199 valence electrons. The smallest absolute Gasteiger partial charge is 0.155 e. The van der Waals surface area contributed by atoms with Crippen LogP contribution in [0.25, 0.3) is 66.3 Å². The molecule has 0 aliphatic heterocycles. The molecule has 0 aliphatic rings. The first-order valence-electron chi connectivity index (χ1n) is 12.6. The van der Waals surface area contributed by atoms with Crippen molar-refractivity contribution in [2.45, 2.75) is 13.8 Å². The first kappa shape index (κ1) is 27.1. The van der Waals surface area contributed by atoms with Gasteiger partial charge in [0.15, 0.2) is 5.78 Å². The molecule has 5 nitrogen and oxygen atoms in total. The number of aliphatic hydroxyl groups is 1. The number of fused-ring (bicyclic) bond motifs is 6. The molecule has 0 unspecified atom stereocenters. The van der Waals surface area contributed by atoms with Crippen LogP contribution in [0, 0.1) is 6.07 Å². The topological polar surface area (TPSA) is 76.5 Å². The summed E-state index contributed by atoms with van der Waals surface area (Å²) in [5, 5.41) is 12.7. The Kier molecular flexibility index (Phi) is 7.65. The fraction of sp³-hybridized carbons (Fsp3) is 0.0588. The molecule has 0 fully saturated rings. The van der Waals surface area contributed by atoms with Gasteiger partial charge in [0.25, 0.3) is 0 Å². The first-order chi connectivity index (χ1) is 19.0. The molecule has 3 aromatic heterocycles. The van der Waals surface area contributed by atoms with Crippen molar-refractivity contribution in [3.05, 3.63) is 115 Å². The molecule has 40 heavy (non-hydrogen) atoms. The van der Waals surface area contributed by atoms with Crippen molar-refractivity contribution >= 4 is 49.7 Å². The summed E-state index contributed by atoms with van der Waals surface area (Å²) in [5.41, 5.74) is 7.39. The van der Waals surface area contributed by atoms with E-state index in [9.17, 15) is 4.79 Å². The summed E-state index contributed by atoms with van der Waals surface area (Å²) in [6.07, 6.45) is 3.03. The first-order valence-corrected chi connectivity index (χ1v) is 12.6. The van der Waals surface area contributed by atoms with Crippen LogP contribution >= 0.6 is 0 Å².